The van der Waals surface area contributed by atoms with Crippen LogP contribution in [0.5, 0.6) is 0 Å². The van der Waals surface area contributed by atoms with Crippen molar-refractivity contribution in [2.24, 2.45) is 5.73 Å². The minimum absolute atomic E-state index is 0.108. The van der Waals surface area contributed by atoms with E-state index < -0.39 is 23.7 Å². The number of benzene rings is 2. The fourth-order valence-corrected chi connectivity index (χ4v) is 2.69. The van der Waals surface area contributed by atoms with Gasteiger partial charge in [0.05, 0.1) is 5.56 Å². The number of carboxylic acids is 2. The molecule has 0 aliphatic rings. The number of nitrogen functional groups attached to an aromatic ring is 1. The van der Waals surface area contributed by atoms with Crippen molar-refractivity contribution in [1.29, 1.82) is 0 Å². The second-order valence-corrected chi connectivity index (χ2v) is 5.86. The summed E-state index contributed by atoms with van der Waals surface area (Å²) in [7, 11) is 0. The van der Waals surface area contributed by atoms with E-state index in [1.54, 1.807) is 0 Å². The molecule has 6 nitrogen and oxygen atoms in total. The first kappa shape index (κ1) is 21.3. The second kappa shape index (κ2) is 9.11. The standard InChI is InChI=1S/C14H13F3N2S.C2H2O4/c15-14(16,17)10-5-6-13(11(19)7-10)20-12-4-2-1-3-9(12)8-18;3-1(4)2(5)6/h1-7H,8,18-19H2;(H,3,4)(H,5,6). The summed E-state index contributed by atoms with van der Waals surface area (Å²) in [5.41, 5.74) is 11.6. The number of carboxylic acid groups (broad SMARTS) is 2. The molecule has 6 N–H and O–H groups in total. The van der Waals surface area contributed by atoms with Crippen molar-refractivity contribution in [3.05, 3.63) is 53.6 Å². The number of hydrogen-bond donors (Lipinski definition) is 4. The van der Waals surface area contributed by atoms with E-state index in [0.29, 0.717) is 11.4 Å². The van der Waals surface area contributed by atoms with Gasteiger partial charge in [0.25, 0.3) is 0 Å². The molecular formula is C16H15F3N2O4S. The summed E-state index contributed by atoms with van der Waals surface area (Å²) in [6, 6.07) is 10.8. The smallest absolute Gasteiger partial charge is 0.416 e. The molecule has 0 aromatic heterocycles. The van der Waals surface area contributed by atoms with Crippen LogP contribution in [0.1, 0.15) is 11.1 Å². The minimum atomic E-state index is -4.38. The molecule has 0 bridgehead atoms. The van der Waals surface area contributed by atoms with Crippen LogP contribution >= 0.6 is 11.8 Å². The summed E-state index contributed by atoms with van der Waals surface area (Å²) in [4.78, 5) is 19.7. The van der Waals surface area contributed by atoms with Crippen LogP contribution in [0, 0.1) is 0 Å². The van der Waals surface area contributed by atoms with Crippen LogP contribution in [-0.4, -0.2) is 22.2 Å². The Balaban J connectivity index is 0.000000487. The van der Waals surface area contributed by atoms with Gasteiger partial charge in [0.2, 0.25) is 0 Å². The minimum Gasteiger partial charge on any atom is -0.473 e. The first-order valence-electron chi connectivity index (χ1n) is 6.95. The van der Waals surface area contributed by atoms with Gasteiger partial charge in [-0.1, -0.05) is 30.0 Å². The van der Waals surface area contributed by atoms with Gasteiger partial charge in [-0.05, 0) is 29.8 Å². The van der Waals surface area contributed by atoms with Crippen molar-refractivity contribution < 1.29 is 33.0 Å². The van der Waals surface area contributed by atoms with Crippen LogP contribution in [0.25, 0.3) is 0 Å². The third-order valence-electron chi connectivity index (χ3n) is 2.93. The van der Waals surface area contributed by atoms with E-state index >= 15 is 0 Å². The Morgan fingerprint density at radius 1 is 1.00 bits per heavy atom. The molecule has 140 valence electrons. The van der Waals surface area contributed by atoms with Crippen LogP contribution in [0.4, 0.5) is 18.9 Å². The van der Waals surface area contributed by atoms with Gasteiger partial charge >= 0.3 is 18.1 Å². The molecule has 0 heterocycles. The number of rotatable bonds is 3. The Morgan fingerprint density at radius 2 is 1.58 bits per heavy atom. The number of nitrogens with two attached hydrogens (primary N) is 2. The summed E-state index contributed by atoms with van der Waals surface area (Å²) < 4.78 is 37.7. The Bertz CT molecular complexity index is 785. The summed E-state index contributed by atoms with van der Waals surface area (Å²) in [6.45, 7) is 0.365. The second-order valence-electron chi connectivity index (χ2n) is 4.77. The van der Waals surface area contributed by atoms with Crippen LogP contribution in [0.15, 0.2) is 52.3 Å². The maximum absolute atomic E-state index is 12.6. The van der Waals surface area contributed by atoms with Crippen LogP contribution in [-0.2, 0) is 22.3 Å². The van der Waals surface area contributed by atoms with Gasteiger partial charge in [-0.25, -0.2) is 9.59 Å². The Morgan fingerprint density at radius 3 is 2.04 bits per heavy atom. The van der Waals surface area contributed by atoms with Gasteiger partial charge in [-0.15, -0.1) is 0 Å². The highest BCUT2D eigenvalue weighted by Crippen LogP contribution is 2.37. The lowest BCUT2D eigenvalue weighted by molar-refractivity contribution is -0.159. The predicted octanol–water partition coefficient (Wildman–Crippen LogP) is 3.05. The topological polar surface area (TPSA) is 127 Å². The van der Waals surface area contributed by atoms with Crippen molar-refractivity contribution in [1.82, 2.24) is 0 Å². The quantitative estimate of drug-likeness (QED) is 0.470. The van der Waals surface area contributed by atoms with Crippen molar-refractivity contribution >= 4 is 29.4 Å². The molecule has 10 heteroatoms. The Hall–Kier alpha value is -2.72. The molecule has 2 aromatic rings. The molecule has 2 rings (SSSR count). The lowest BCUT2D eigenvalue weighted by atomic mass is 10.2. The van der Waals surface area contributed by atoms with E-state index in [-0.39, 0.29) is 5.69 Å². The maximum atomic E-state index is 12.6. The summed E-state index contributed by atoms with van der Waals surface area (Å²) in [5.74, 6) is -3.65. The first-order valence-corrected chi connectivity index (χ1v) is 7.76. The highest BCUT2D eigenvalue weighted by atomic mass is 32.2. The van der Waals surface area contributed by atoms with Crippen LogP contribution < -0.4 is 11.5 Å². The van der Waals surface area contributed by atoms with E-state index in [1.807, 2.05) is 24.3 Å². The number of alkyl halides is 3. The third kappa shape index (κ3) is 6.30. The molecule has 0 saturated heterocycles. The van der Waals surface area contributed by atoms with Crippen molar-refractivity contribution in [3.8, 4) is 0 Å². The average Bonchev–Trinajstić information content (AvgIpc) is 2.56. The van der Waals surface area contributed by atoms with Gasteiger partial charge in [-0.2, -0.15) is 13.2 Å². The highest BCUT2D eigenvalue weighted by Gasteiger charge is 2.30. The summed E-state index contributed by atoms with van der Waals surface area (Å²) in [6.07, 6.45) is -4.38. The zero-order valence-corrected chi connectivity index (χ0v) is 14.0. The molecule has 0 aliphatic carbocycles. The molecule has 0 saturated carbocycles. The van der Waals surface area contributed by atoms with Crippen molar-refractivity contribution in [3.63, 3.8) is 0 Å². The van der Waals surface area contributed by atoms with E-state index in [1.165, 1.54) is 17.8 Å². The van der Waals surface area contributed by atoms with Gasteiger partial charge in [0.15, 0.2) is 0 Å². The number of carbonyl (C=O) groups is 2. The van der Waals surface area contributed by atoms with Gasteiger partial charge in [0, 0.05) is 22.0 Å². The normalized spacial score (nSPS) is 10.6. The highest BCUT2D eigenvalue weighted by molar-refractivity contribution is 7.99. The molecule has 0 spiro atoms. The SMILES string of the molecule is NCc1ccccc1Sc1ccc(C(F)(F)F)cc1N.O=C(O)C(=O)O. The molecule has 2 aromatic carbocycles. The largest absolute Gasteiger partial charge is 0.473 e. The molecule has 0 aliphatic heterocycles. The van der Waals surface area contributed by atoms with Crippen molar-refractivity contribution in [2.45, 2.75) is 22.5 Å². The Kier molecular flexibility index (Phi) is 7.47. The Labute approximate surface area is 150 Å². The molecule has 0 amide bonds. The average molecular weight is 388 g/mol. The number of aliphatic carboxylic acids is 2. The molecule has 0 fully saturated rings. The first-order chi connectivity index (χ1) is 12.1. The van der Waals surface area contributed by atoms with Crippen LogP contribution in [0.2, 0.25) is 0 Å². The monoisotopic (exact) mass is 388 g/mol. The number of anilines is 1. The number of hydrogen-bond acceptors (Lipinski definition) is 5. The van der Waals surface area contributed by atoms with E-state index in [9.17, 15) is 13.2 Å². The fourth-order valence-electron chi connectivity index (χ4n) is 1.71. The molecule has 26 heavy (non-hydrogen) atoms. The van der Waals surface area contributed by atoms with Gasteiger partial charge in [0.1, 0.15) is 0 Å². The van der Waals surface area contributed by atoms with E-state index in [4.69, 9.17) is 31.3 Å². The maximum Gasteiger partial charge on any atom is 0.416 e. The molecular weight excluding hydrogens is 373 g/mol. The van der Waals surface area contributed by atoms with Gasteiger partial charge < -0.3 is 21.7 Å². The third-order valence-corrected chi connectivity index (χ3v) is 4.14. The molecule has 0 unspecified atom stereocenters. The molecule has 0 radical (unpaired) electrons. The van der Waals surface area contributed by atoms with Crippen LogP contribution in [0.3, 0.4) is 0 Å². The summed E-state index contributed by atoms with van der Waals surface area (Å²) >= 11 is 1.31. The predicted molar refractivity (Wildman–Crippen MR) is 89.6 cm³/mol. The zero-order chi connectivity index (χ0) is 19.9. The zero-order valence-electron chi connectivity index (χ0n) is 13.2. The van der Waals surface area contributed by atoms with E-state index in [0.717, 1.165) is 22.6 Å². The van der Waals surface area contributed by atoms with Crippen molar-refractivity contribution in [2.75, 3.05) is 5.73 Å². The summed E-state index contributed by atoms with van der Waals surface area (Å²) in [5, 5.41) is 14.8. The van der Waals surface area contributed by atoms with E-state index in [2.05, 4.69) is 0 Å². The fraction of sp³-hybridized carbons (Fsp3) is 0.125. The lowest BCUT2D eigenvalue weighted by Gasteiger charge is -2.12. The number of halogens is 3. The molecule has 0 atom stereocenters. The lowest BCUT2D eigenvalue weighted by Crippen LogP contribution is -2.09. The van der Waals surface area contributed by atoms with Gasteiger partial charge in [-0.3, -0.25) is 0 Å².